The normalized spacial score (nSPS) is 23.5. The fraction of sp³-hybridized carbons (Fsp3) is 0.625. The van der Waals surface area contributed by atoms with Gasteiger partial charge in [0, 0.05) is 18.4 Å². The molecule has 0 unspecified atom stereocenters. The maximum atomic E-state index is 10.0. The topological polar surface area (TPSA) is 49.3 Å². The average molecular weight is 153 g/mol. The largest absolute Gasteiger partial charge is 0.472 e. The molecule has 1 rings (SSSR count). The fourth-order valence-electron chi connectivity index (χ4n) is 1.14. The lowest BCUT2D eigenvalue weighted by Crippen LogP contribution is -2.28. The van der Waals surface area contributed by atoms with Crippen molar-refractivity contribution in [3.63, 3.8) is 0 Å². The number of carbonyl (C=O) groups is 1. The number of carboxylic acid groups (broad SMARTS) is 1. The van der Waals surface area contributed by atoms with Crippen molar-refractivity contribution in [2.75, 3.05) is 13.1 Å². The summed E-state index contributed by atoms with van der Waals surface area (Å²) in [6.45, 7) is 1.87. The summed E-state index contributed by atoms with van der Waals surface area (Å²) < 4.78 is 0. The van der Waals surface area contributed by atoms with E-state index in [1.54, 1.807) is 0 Å². The molecule has 0 aromatic rings. The van der Waals surface area contributed by atoms with Gasteiger partial charge in [-0.1, -0.05) is 5.92 Å². The summed E-state index contributed by atoms with van der Waals surface area (Å²) in [5.41, 5.74) is 0. The van der Waals surface area contributed by atoms with Crippen molar-refractivity contribution in [3.05, 3.63) is 0 Å². The molecule has 60 valence electrons. The van der Waals surface area contributed by atoms with Gasteiger partial charge in [-0.15, -0.1) is 0 Å². The third-order valence-corrected chi connectivity index (χ3v) is 1.68. The van der Waals surface area contributed by atoms with Crippen molar-refractivity contribution in [2.45, 2.75) is 12.8 Å². The number of rotatable bonds is 0. The van der Waals surface area contributed by atoms with Gasteiger partial charge in [0.2, 0.25) is 0 Å². The number of hydrogen-bond acceptors (Lipinski definition) is 2. The van der Waals surface area contributed by atoms with Gasteiger partial charge in [-0.2, -0.15) is 0 Å². The first-order valence-corrected chi connectivity index (χ1v) is 3.74. The van der Waals surface area contributed by atoms with Gasteiger partial charge in [0.15, 0.2) is 0 Å². The lowest BCUT2D eigenvalue weighted by molar-refractivity contribution is -0.130. The Morgan fingerprint density at radius 3 is 3.00 bits per heavy atom. The van der Waals surface area contributed by atoms with Crippen LogP contribution in [0, 0.1) is 17.8 Å². The Labute approximate surface area is 65.8 Å². The van der Waals surface area contributed by atoms with Gasteiger partial charge in [-0.25, -0.2) is 4.79 Å². The molecule has 1 saturated heterocycles. The van der Waals surface area contributed by atoms with E-state index < -0.39 is 5.97 Å². The lowest BCUT2D eigenvalue weighted by Gasteiger charge is -2.16. The van der Waals surface area contributed by atoms with E-state index in [-0.39, 0.29) is 5.92 Å². The van der Waals surface area contributed by atoms with E-state index in [1.807, 2.05) is 0 Å². The van der Waals surface area contributed by atoms with Crippen LogP contribution < -0.4 is 5.32 Å². The molecule has 0 bridgehead atoms. The first-order valence-electron chi connectivity index (χ1n) is 3.74. The van der Waals surface area contributed by atoms with Crippen molar-refractivity contribution in [3.8, 4) is 11.8 Å². The van der Waals surface area contributed by atoms with Crippen molar-refractivity contribution in [2.24, 2.45) is 5.92 Å². The molecule has 2 N–H and O–H groups in total. The van der Waals surface area contributed by atoms with Gasteiger partial charge >= 0.3 is 5.97 Å². The molecule has 0 radical (unpaired) electrons. The van der Waals surface area contributed by atoms with Gasteiger partial charge in [-0.05, 0) is 19.4 Å². The summed E-state index contributed by atoms with van der Waals surface area (Å²) in [5.74, 6) is 4.05. The third kappa shape index (κ3) is 3.06. The van der Waals surface area contributed by atoms with E-state index in [4.69, 9.17) is 5.11 Å². The average Bonchev–Trinajstić information content (AvgIpc) is 2.03. The summed E-state index contributed by atoms with van der Waals surface area (Å²) in [6, 6.07) is 0. The number of piperidine rings is 1. The minimum atomic E-state index is -1.03. The molecule has 0 saturated carbocycles. The van der Waals surface area contributed by atoms with E-state index in [9.17, 15) is 4.79 Å². The second-order valence-corrected chi connectivity index (χ2v) is 2.62. The number of hydrogen-bond donors (Lipinski definition) is 2. The molecule has 1 atom stereocenters. The van der Waals surface area contributed by atoms with E-state index in [1.165, 1.54) is 0 Å². The number of nitrogens with one attached hydrogen (secondary N) is 1. The molecule has 1 aliphatic rings. The molecular weight excluding hydrogens is 142 g/mol. The Kier molecular flexibility index (Phi) is 2.94. The standard InChI is InChI=1S/C8H11NO2/c10-8(11)4-3-7-2-1-5-9-6-7/h7,9H,1-2,5-6H2,(H,10,11)/t7-/m1/s1. The van der Waals surface area contributed by atoms with E-state index in [0.29, 0.717) is 0 Å². The quantitative estimate of drug-likeness (QED) is 0.484. The van der Waals surface area contributed by atoms with Gasteiger partial charge in [0.1, 0.15) is 0 Å². The maximum Gasteiger partial charge on any atom is 0.381 e. The van der Waals surface area contributed by atoms with Crippen molar-refractivity contribution in [1.29, 1.82) is 0 Å². The Morgan fingerprint density at radius 1 is 1.64 bits per heavy atom. The fourth-order valence-corrected chi connectivity index (χ4v) is 1.14. The lowest BCUT2D eigenvalue weighted by atomic mass is 10.0. The third-order valence-electron chi connectivity index (χ3n) is 1.68. The van der Waals surface area contributed by atoms with Gasteiger partial charge in [-0.3, -0.25) is 0 Å². The summed E-state index contributed by atoms with van der Waals surface area (Å²) >= 11 is 0. The van der Waals surface area contributed by atoms with Crippen LogP contribution in [-0.4, -0.2) is 24.2 Å². The van der Waals surface area contributed by atoms with Crippen LogP contribution in [0.5, 0.6) is 0 Å². The van der Waals surface area contributed by atoms with Crippen LogP contribution in [0.4, 0.5) is 0 Å². The highest BCUT2D eigenvalue weighted by atomic mass is 16.4. The summed E-state index contributed by atoms with van der Waals surface area (Å²) in [4.78, 5) is 10.0. The van der Waals surface area contributed by atoms with E-state index >= 15 is 0 Å². The van der Waals surface area contributed by atoms with E-state index in [0.717, 1.165) is 25.9 Å². The molecule has 0 aromatic carbocycles. The van der Waals surface area contributed by atoms with E-state index in [2.05, 4.69) is 17.2 Å². The van der Waals surface area contributed by atoms with Gasteiger partial charge in [0.05, 0.1) is 0 Å². The zero-order valence-corrected chi connectivity index (χ0v) is 6.26. The molecule has 0 aromatic heterocycles. The minimum Gasteiger partial charge on any atom is -0.472 e. The number of aliphatic carboxylic acids is 1. The second kappa shape index (κ2) is 3.99. The Balaban J connectivity index is 2.36. The predicted octanol–water partition coefficient (Wildman–Crippen LogP) is 0.0740. The van der Waals surface area contributed by atoms with Crippen LogP contribution in [0.3, 0.4) is 0 Å². The van der Waals surface area contributed by atoms with Crippen LogP contribution in [0.15, 0.2) is 0 Å². The van der Waals surface area contributed by atoms with Crippen LogP contribution in [0.25, 0.3) is 0 Å². The molecule has 0 spiro atoms. The molecule has 1 heterocycles. The van der Waals surface area contributed by atoms with Crippen LogP contribution in [0.2, 0.25) is 0 Å². The summed E-state index contributed by atoms with van der Waals surface area (Å²) in [5, 5.41) is 11.4. The van der Waals surface area contributed by atoms with Crippen LogP contribution in [0.1, 0.15) is 12.8 Å². The Bertz CT molecular complexity index is 196. The molecule has 3 heteroatoms. The minimum absolute atomic E-state index is 0.236. The smallest absolute Gasteiger partial charge is 0.381 e. The maximum absolute atomic E-state index is 10.0. The first-order chi connectivity index (χ1) is 5.29. The van der Waals surface area contributed by atoms with Crippen molar-refractivity contribution < 1.29 is 9.90 Å². The summed E-state index contributed by atoms with van der Waals surface area (Å²) in [6.07, 6.45) is 2.12. The molecule has 3 nitrogen and oxygen atoms in total. The SMILES string of the molecule is O=C(O)C#C[C@H]1CCCNC1. The Hall–Kier alpha value is -1.01. The van der Waals surface area contributed by atoms with Crippen LogP contribution >= 0.6 is 0 Å². The molecule has 11 heavy (non-hydrogen) atoms. The summed E-state index contributed by atoms with van der Waals surface area (Å²) in [7, 11) is 0. The molecule has 0 amide bonds. The van der Waals surface area contributed by atoms with Crippen molar-refractivity contribution >= 4 is 5.97 Å². The molecule has 0 aliphatic carbocycles. The van der Waals surface area contributed by atoms with Crippen LogP contribution in [-0.2, 0) is 4.79 Å². The highest BCUT2D eigenvalue weighted by molar-refractivity contribution is 5.86. The molecule has 1 fully saturated rings. The highest BCUT2D eigenvalue weighted by Crippen LogP contribution is 2.07. The molecule has 1 aliphatic heterocycles. The monoisotopic (exact) mass is 153 g/mol. The first kappa shape index (κ1) is 8.09. The second-order valence-electron chi connectivity index (χ2n) is 2.62. The van der Waals surface area contributed by atoms with Crippen molar-refractivity contribution in [1.82, 2.24) is 5.32 Å². The highest BCUT2D eigenvalue weighted by Gasteiger charge is 2.09. The number of carboxylic acids is 1. The predicted molar refractivity (Wildman–Crippen MR) is 41.0 cm³/mol. The Morgan fingerprint density at radius 2 is 2.45 bits per heavy atom. The van der Waals surface area contributed by atoms with Gasteiger partial charge < -0.3 is 10.4 Å². The molecular formula is C8H11NO2. The zero-order valence-electron chi connectivity index (χ0n) is 6.26. The van der Waals surface area contributed by atoms with Gasteiger partial charge in [0.25, 0.3) is 0 Å². The zero-order chi connectivity index (χ0) is 8.10.